The van der Waals surface area contributed by atoms with E-state index in [1.807, 2.05) is 27.7 Å². The van der Waals surface area contributed by atoms with Gasteiger partial charge in [-0.3, -0.25) is 0 Å². The molecule has 116 valence electrons. The third-order valence-corrected chi connectivity index (χ3v) is 4.72. The molecule has 3 aliphatic rings. The van der Waals surface area contributed by atoms with Crippen molar-refractivity contribution in [2.75, 3.05) is 12.9 Å². The smallest absolute Gasteiger partial charge is 0.246 e. The van der Waals surface area contributed by atoms with Crippen molar-refractivity contribution >= 4 is 11.8 Å². The normalized spacial score (nSPS) is 49.5. The summed E-state index contributed by atoms with van der Waals surface area (Å²) >= 11 is 1.21. The molecule has 3 fully saturated rings. The van der Waals surface area contributed by atoms with E-state index in [0.717, 1.165) is 0 Å². The predicted octanol–water partition coefficient (Wildman–Crippen LogP) is 1.07. The molecule has 0 aromatic carbocycles. The van der Waals surface area contributed by atoms with Gasteiger partial charge in [-0.25, -0.2) is 0 Å². The van der Waals surface area contributed by atoms with Crippen molar-refractivity contribution in [1.29, 1.82) is 0 Å². The third-order valence-electron chi connectivity index (χ3n) is 3.81. The Morgan fingerprint density at radius 1 is 0.950 bits per heavy atom. The Morgan fingerprint density at radius 2 is 1.65 bits per heavy atom. The first-order valence-electron chi connectivity index (χ1n) is 6.79. The molecular formula is C13H22O6S. The van der Waals surface area contributed by atoms with Crippen molar-refractivity contribution in [2.24, 2.45) is 0 Å². The average molecular weight is 306 g/mol. The fraction of sp³-hybridized carbons (Fsp3) is 1.00. The second-order valence-corrected chi connectivity index (χ2v) is 7.30. The van der Waals surface area contributed by atoms with Gasteiger partial charge in [0.2, 0.25) is 5.12 Å². The first-order chi connectivity index (χ1) is 9.16. The minimum absolute atomic E-state index is 0.281. The molecule has 3 rings (SSSR count). The molecule has 20 heavy (non-hydrogen) atoms. The summed E-state index contributed by atoms with van der Waals surface area (Å²) in [4.78, 5) is 0. The number of rotatable bonds is 2. The predicted molar refractivity (Wildman–Crippen MR) is 72.1 cm³/mol. The maximum Gasteiger partial charge on any atom is 0.246 e. The van der Waals surface area contributed by atoms with E-state index in [1.165, 1.54) is 11.8 Å². The van der Waals surface area contributed by atoms with Crippen LogP contribution in [0.1, 0.15) is 27.7 Å². The Hall–Kier alpha value is 0.110. The largest absolute Gasteiger partial charge is 0.355 e. The number of aliphatic hydroxyl groups is 1. The van der Waals surface area contributed by atoms with Gasteiger partial charge in [-0.15, -0.1) is 0 Å². The van der Waals surface area contributed by atoms with Gasteiger partial charge < -0.3 is 28.8 Å². The van der Waals surface area contributed by atoms with E-state index in [0.29, 0.717) is 6.61 Å². The van der Waals surface area contributed by atoms with Gasteiger partial charge in [0.25, 0.3) is 0 Å². The van der Waals surface area contributed by atoms with Gasteiger partial charge in [0.15, 0.2) is 17.7 Å². The maximum absolute atomic E-state index is 10.6. The molecule has 7 heteroatoms. The van der Waals surface area contributed by atoms with E-state index < -0.39 is 28.9 Å². The molecule has 3 aliphatic heterocycles. The first-order valence-corrected chi connectivity index (χ1v) is 8.01. The van der Waals surface area contributed by atoms with Gasteiger partial charge in [-0.05, 0) is 34.0 Å². The van der Waals surface area contributed by atoms with Crippen molar-refractivity contribution in [3.63, 3.8) is 0 Å². The zero-order valence-corrected chi connectivity index (χ0v) is 13.2. The molecule has 0 aromatic rings. The Morgan fingerprint density at radius 3 is 2.20 bits per heavy atom. The maximum atomic E-state index is 10.6. The van der Waals surface area contributed by atoms with E-state index in [9.17, 15) is 5.11 Å². The zero-order chi connectivity index (χ0) is 14.8. The lowest BCUT2D eigenvalue weighted by Crippen LogP contribution is -2.40. The summed E-state index contributed by atoms with van der Waals surface area (Å²) in [5.41, 5.74) is 0. The van der Waals surface area contributed by atoms with E-state index in [-0.39, 0.29) is 12.2 Å². The topological polar surface area (TPSA) is 66.4 Å². The quantitative estimate of drug-likeness (QED) is 0.765. The van der Waals surface area contributed by atoms with Crippen LogP contribution in [0.25, 0.3) is 0 Å². The van der Waals surface area contributed by atoms with Crippen molar-refractivity contribution in [2.45, 2.75) is 68.8 Å². The number of ether oxygens (including phenoxy) is 5. The molecule has 0 aromatic heterocycles. The Labute approximate surface area is 123 Å². The number of fused-ring (bicyclic) bond motifs is 1. The highest BCUT2D eigenvalue weighted by Crippen LogP contribution is 2.49. The Bertz CT molecular complexity index is 400. The molecule has 0 amide bonds. The van der Waals surface area contributed by atoms with Crippen molar-refractivity contribution in [3.8, 4) is 0 Å². The van der Waals surface area contributed by atoms with Crippen LogP contribution in [0.3, 0.4) is 0 Å². The molecule has 0 unspecified atom stereocenters. The molecule has 0 radical (unpaired) electrons. The lowest BCUT2D eigenvalue weighted by Gasteiger charge is -2.29. The van der Waals surface area contributed by atoms with E-state index >= 15 is 0 Å². The molecule has 0 aliphatic carbocycles. The lowest BCUT2D eigenvalue weighted by atomic mass is 10.1. The summed E-state index contributed by atoms with van der Waals surface area (Å²) in [5.74, 6) is -1.38. The monoisotopic (exact) mass is 306 g/mol. The van der Waals surface area contributed by atoms with Gasteiger partial charge in [0.1, 0.15) is 18.3 Å². The van der Waals surface area contributed by atoms with Crippen molar-refractivity contribution in [3.05, 3.63) is 0 Å². The summed E-state index contributed by atoms with van der Waals surface area (Å²) in [6, 6.07) is 0. The number of hydrogen-bond acceptors (Lipinski definition) is 7. The molecule has 0 saturated carbocycles. The van der Waals surface area contributed by atoms with Crippen LogP contribution in [-0.2, 0) is 23.7 Å². The molecule has 1 N–H and O–H groups in total. The Balaban J connectivity index is 1.83. The van der Waals surface area contributed by atoms with Crippen LogP contribution in [-0.4, -0.2) is 59.1 Å². The van der Waals surface area contributed by atoms with Crippen LogP contribution in [0.5, 0.6) is 0 Å². The van der Waals surface area contributed by atoms with Gasteiger partial charge in [0, 0.05) is 0 Å². The van der Waals surface area contributed by atoms with Crippen molar-refractivity contribution in [1.82, 2.24) is 0 Å². The summed E-state index contributed by atoms with van der Waals surface area (Å²) in [6.07, 6.45) is 0.177. The standard InChI is InChI=1S/C13H22O6S/c1-11(2)15-6-7(16-11)8-9-10(13(14,18-8)20-5)19-12(3,4)17-9/h7-10,14H,6H2,1-5H3/t7-,8-,9+,10+,13-/m1/s1. The summed E-state index contributed by atoms with van der Waals surface area (Å²) in [5, 5.41) is 9.19. The van der Waals surface area contributed by atoms with Crippen LogP contribution >= 0.6 is 11.8 Å². The van der Waals surface area contributed by atoms with Gasteiger partial charge in [-0.1, -0.05) is 11.8 Å². The molecule has 0 bridgehead atoms. The summed E-state index contributed by atoms with van der Waals surface area (Å²) < 4.78 is 28.9. The molecule has 5 atom stereocenters. The summed E-state index contributed by atoms with van der Waals surface area (Å²) in [7, 11) is 0. The minimum Gasteiger partial charge on any atom is -0.355 e. The van der Waals surface area contributed by atoms with Crippen LogP contribution in [0, 0.1) is 0 Å². The molecule has 3 saturated heterocycles. The van der Waals surface area contributed by atoms with Crippen LogP contribution in [0.4, 0.5) is 0 Å². The van der Waals surface area contributed by atoms with Crippen LogP contribution in [0.15, 0.2) is 0 Å². The van der Waals surface area contributed by atoms with Gasteiger partial charge in [-0.2, -0.15) is 0 Å². The lowest BCUT2D eigenvalue weighted by molar-refractivity contribution is -0.248. The van der Waals surface area contributed by atoms with Crippen LogP contribution in [0.2, 0.25) is 0 Å². The highest BCUT2D eigenvalue weighted by atomic mass is 32.2. The van der Waals surface area contributed by atoms with Crippen LogP contribution < -0.4 is 0 Å². The van der Waals surface area contributed by atoms with Gasteiger partial charge >= 0.3 is 0 Å². The molecule has 6 nitrogen and oxygen atoms in total. The Kier molecular flexibility index (Phi) is 3.42. The first kappa shape index (κ1) is 15.0. The highest BCUT2D eigenvalue weighted by Gasteiger charge is 2.65. The van der Waals surface area contributed by atoms with E-state index in [4.69, 9.17) is 23.7 Å². The minimum atomic E-state index is -1.42. The zero-order valence-electron chi connectivity index (χ0n) is 12.4. The fourth-order valence-corrected chi connectivity index (χ4v) is 3.59. The van der Waals surface area contributed by atoms with Crippen molar-refractivity contribution < 1.29 is 28.8 Å². The van der Waals surface area contributed by atoms with E-state index in [1.54, 1.807) is 6.26 Å². The van der Waals surface area contributed by atoms with Gasteiger partial charge in [0.05, 0.1) is 6.61 Å². The SMILES string of the molecule is CS[C@]1(O)O[C@H]([C@H]2COC(C)(C)O2)[C@@H]2OC(C)(C)O[C@@H]21. The second-order valence-electron chi connectivity index (χ2n) is 6.31. The number of hydrogen-bond donors (Lipinski definition) is 1. The second kappa shape index (κ2) is 4.55. The molecule has 0 spiro atoms. The van der Waals surface area contributed by atoms with E-state index in [2.05, 4.69) is 0 Å². The number of thioether (sulfide) groups is 1. The fourth-order valence-electron chi connectivity index (χ4n) is 2.97. The highest BCUT2D eigenvalue weighted by molar-refractivity contribution is 7.99. The molecule has 3 heterocycles. The molecular weight excluding hydrogens is 284 g/mol. The average Bonchev–Trinajstić information content (AvgIpc) is 2.92. The third kappa shape index (κ3) is 2.39. The summed E-state index contributed by atoms with van der Waals surface area (Å²) in [6.45, 7) is 7.79.